The van der Waals surface area contributed by atoms with Crippen molar-refractivity contribution in [2.45, 2.75) is 6.92 Å². The maximum absolute atomic E-state index is 12.9. The number of fused-ring (bicyclic) bond motifs is 1. The molecule has 0 N–H and O–H groups in total. The third-order valence-electron chi connectivity index (χ3n) is 4.20. The molecule has 0 aliphatic heterocycles. The first-order valence-corrected chi connectivity index (χ1v) is 7.39. The van der Waals surface area contributed by atoms with Crippen molar-refractivity contribution in [2.75, 3.05) is 14.2 Å². The van der Waals surface area contributed by atoms with Crippen LogP contribution in [0, 0.1) is 6.92 Å². The summed E-state index contributed by atoms with van der Waals surface area (Å²) in [6, 6.07) is 13.4. The van der Waals surface area contributed by atoms with Gasteiger partial charge in [0, 0.05) is 24.6 Å². The Bertz CT molecular complexity index is 927. The molecule has 2 aromatic carbocycles. The first-order valence-electron chi connectivity index (χ1n) is 7.39. The second-order valence-electron chi connectivity index (χ2n) is 5.45. The highest BCUT2D eigenvalue weighted by atomic mass is 16.5. The number of methoxy groups -OCH3 is 2. The Balaban J connectivity index is 2.49. The average Bonchev–Trinajstić information content (AvgIpc) is 2.59. The second-order valence-corrected chi connectivity index (χ2v) is 5.45. The molecule has 1 aromatic heterocycles. The Kier molecular flexibility index (Phi) is 3.82. The summed E-state index contributed by atoms with van der Waals surface area (Å²) in [5, 5.41) is 0.925. The molecule has 0 aliphatic carbocycles. The first kappa shape index (κ1) is 15.2. The molecule has 1 heterocycles. The van der Waals surface area contributed by atoms with Gasteiger partial charge in [0.1, 0.15) is 11.5 Å². The van der Waals surface area contributed by atoms with Gasteiger partial charge in [0.25, 0.3) is 5.56 Å². The van der Waals surface area contributed by atoms with E-state index < -0.39 is 0 Å². The molecular formula is C19H19NO3. The topological polar surface area (TPSA) is 40.5 Å². The monoisotopic (exact) mass is 309 g/mol. The van der Waals surface area contributed by atoms with E-state index >= 15 is 0 Å². The van der Waals surface area contributed by atoms with Crippen LogP contribution in [0.2, 0.25) is 0 Å². The van der Waals surface area contributed by atoms with Crippen molar-refractivity contribution in [1.29, 1.82) is 0 Å². The molecule has 0 saturated carbocycles. The zero-order valence-electron chi connectivity index (χ0n) is 13.7. The van der Waals surface area contributed by atoms with Crippen LogP contribution in [0.15, 0.2) is 47.3 Å². The maximum atomic E-state index is 12.9. The Labute approximate surface area is 134 Å². The molecule has 0 bridgehead atoms. The van der Waals surface area contributed by atoms with E-state index in [-0.39, 0.29) is 5.56 Å². The van der Waals surface area contributed by atoms with E-state index in [0.29, 0.717) is 17.1 Å². The molecule has 3 aromatic rings. The highest BCUT2D eigenvalue weighted by molar-refractivity contribution is 5.94. The van der Waals surface area contributed by atoms with Crippen LogP contribution in [0.4, 0.5) is 0 Å². The van der Waals surface area contributed by atoms with Crippen LogP contribution >= 0.6 is 0 Å². The number of rotatable bonds is 3. The predicted molar refractivity (Wildman–Crippen MR) is 92.5 cm³/mol. The number of hydrogen-bond acceptors (Lipinski definition) is 3. The lowest BCUT2D eigenvalue weighted by atomic mass is 9.97. The number of nitrogens with zero attached hydrogens (tertiary/aromatic N) is 1. The number of hydrogen-bond donors (Lipinski definition) is 0. The van der Waals surface area contributed by atoms with E-state index in [9.17, 15) is 4.79 Å². The lowest BCUT2D eigenvalue weighted by molar-refractivity contribution is 0.397. The van der Waals surface area contributed by atoms with Gasteiger partial charge in [0.05, 0.1) is 25.3 Å². The Morgan fingerprint density at radius 2 is 1.70 bits per heavy atom. The molecule has 0 radical (unpaired) electrons. The summed E-state index contributed by atoms with van der Waals surface area (Å²) in [5.41, 5.74) is 3.28. The fourth-order valence-corrected chi connectivity index (χ4v) is 3.00. The highest BCUT2D eigenvalue weighted by Gasteiger charge is 2.18. The predicted octanol–water partition coefficient (Wildman–Crippen LogP) is 3.53. The Morgan fingerprint density at radius 1 is 1.00 bits per heavy atom. The van der Waals surface area contributed by atoms with Gasteiger partial charge in [-0.25, -0.2) is 0 Å². The maximum Gasteiger partial charge on any atom is 0.258 e. The van der Waals surface area contributed by atoms with Crippen molar-refractivity contribution in [1.82, 2.24) is 4.57 Å². The number of benzene rings is 2. The molecular weight excluding hydrogens is 290 g/mol. The van der Waals surface area contributed by atoms with Gasteiger partial charge in [-0.15, -0.1) is 0 Å². The van der Waals surface area contributed by atoms with Crippen molar-refractivity contribution < 1.29 is 9.47 Å². The van der Waals surface area contributed by atoms with Gasteiger partial charge in [0.2, 0.25) is 0 Å². The molecule has 0 atom stereocenters. The number of aryl methyl sites for hydroxylation is 2. The van der Waals surface area contributed by atoms with Crippen LogP contribution in [0.25, 0.3) is 22.0 Å². The summed E-state index contributed by atoms with van der Waals surface area (Å²) in [6.07, 6.45) is 0. The molecule has 4 heteroatoms. The van der Waals surface area contributed by atoms with Gasteiger partial charge in [-0.2, -0.15) is 0 Å². The minimum Gasteiger partial charge on any atom is -0.497 e. The normalized spacial score (nSPS) is 10.8. The van der Waals surface area contributed by atoms with Crippen LogP contribution < -0.4 is 15.0 Å². The van der Waals surface area contributed by atoms with E-state index in [1.54, 1.807) is 25.8 Å². The molecule has 0 fully saturated rings. The van der Waals surface area contributed by atoms with Crippen molar-refractivity contribution in [3.8, 4) is 22.6 Å². The SMILES string of the molecule is COc1cc(OC)c2c(C)c(-c3ccccc3)c(=O)n(C)c2c1. The van der Waals surface area contributed by atoms with Gasteiger partial charge in [-0.05, 0) is 18.1 Å². The lowest BCUT2D eigenvalue weighted by Crippen LogP contribution is -2.20. The van der Waals surface area contributed by atoms with E-state index in [0.717, 1.165) is 22.0 Å². The standard InChI is InChI=1S/C19H19NO3/c1-12-17(13-8-6-5-7-9-13)19(21)20(2)15-10-14(22-3)11-16(23-4)18(12)15/h5-11H,1-4H3. The van der Waals surface area contributed by atoms with Gasteiger partial charge in [-0.3, -0.25) is 4.79 Å². The van der Waals surface area contributed by atoms with E-state index in [4.69, 9.17) is 9.47 Å². The molecule has 0 spiro atoms. The van der Waals surface area contributed by atoms with E-state index in [1.807, 2.05) is 49.4 Å². The van der Waals surface area contributed by atoms with Gasteiger partial charge >= 0.3 is 0 Å². The van der Waals surface area contributed by atoms with E-state index in [2.05, 4.69) is 0 Å². The van der Waals surface area contributed by atoms with Crippen LogP contribution in [0.5, 0.6) is 11.5 Å². The first-order chi connectivity index (χ1) is 11.1. The number of aromatic nitrogens is 1. The lowest BCUT2D eigenvalue weighted by Gasteiger charge is -2.17. The van der Waals surface area contributed by atoms with Crippen molar-refractivity contribution >= 4 is 10.9 Å². The molecule has 0 amide bonds. The van der Waals surface area contributed by atoms with Crippen LogP contribution in [0.1, 0.15) is 5.56 Å². The Morgan fingerprint density at radius 3 is 2.30 bits per heavy atom. The third kappa shape index (κ3) is 2.36. The van der Waals surface area contributed by atoms with Crippen molar-refractivity contribution in [2.24, 2.45) is 7.05 Å². The van der Waals surface area contributed by atoms with Crippen molar-refractivity contribution in [3.05, 3.63) is 58.4 Å². The van der Waals surface area contributed by atoms with Crippen LogP contribution in [0.3, 0.4) is 0 Å². The fraction of sp³-hybridized carbons (Fsp3) is 0.211. The van der Waals surface area contributed by atoms with Crippen LogP contribution in [-0.2, 0) is 7.05 Å². The minimum absolute atomic E-state index is 0.0310. The average molecular weight is 309 g/mol. The summed E-state index contributed by atoms with van der Waals surface area (Å²) >= 11 is 0. The van der Waals surface area contributed by atoms with Gasteiger partial charge in [0.15, 0.2) is 0 Å². The minimum atomic E-state index is -0.0310. The molecule has 3 rings (SSSR count). The van der Waals surface area contributed by atoms with Crippen molar-refractivity contribution in [3.63, 3.8) is 0 Å². The number of pyridine rings is 1. The molecule has 23 heavy (non-hydrogen) atoms. The second kappa shape index (κ2) is 5.80. The zero-order valence-corrected chi connectivity index (χ0v) is 13.7. The molecule has 0 aliphatic rings. The summed E-state index contributed by atoms with van der Waals surface area (Å²) < 4.78 is 12.5. The zero-order chi connectivity index (χ0) is 16.6. The third-order valence-corrected chi connectivity index (χ3v) is 4.20. The summed E-state index contributed by atoms with van der Waals surface area (Å²) in [7, 11) is 5.00. The highest BCUT2D eigenvalue weighted by Crippen LogP contribution is 2.35. The Hall–Kier alpha value is -2.75. The fourth-order valence-electron chi connectivity index (χ4n) is 3.00. The largest absolute Gasteiger partial charge is 0.497 e. The van der Waals surface area contributed by atoms with E-state index in [1.165, 1.54) is 0 Å². The molecule has 0 saturated heterocycles. The summed E-state index contributed by atoms with van der Waals surface area (Å²) in [4.78, 5) is 12.9. The number of ether oxygens (including phenoxy) is 2. The summed E-state index contributed by atoms with van der Waals surface area (Å²) in [5.74, 6) is 1.36. The van der Waals surface area contributed by atoms with Gasteiger partial charge in [-0.1, -0.05) is 30.3 Å². The van der Waals surface area contributed by atoms with Crippen LogP contribution in [-0.4, -0.2) is 18.8 Å². The quantitative estimate of drug-likeness (QED) is 0.743. The smallest absolute Gasteiger partial charge is 0.258 e. The summed E-state index contributed by atoms with van der Waals surface area (Å²) in [6.45, 7) is 1.96. The molecule has 0 unspecified atom stereocenters. The molecule has 118 valence electrons. The van der Waals surface area contributed by atoms with Gasteiger partial charge < -0.3 is 14.0 Å². The molecule has 4 nitrogen and oxygen atoms in total.